The van der Waals surface area contributed by atoms with Gasteiger partial charge in [0.2, 0.25) is 0 Å². The van der Waals surface area contributed by atoms with Crippen molar-refractivity contribution in [2.75, 3.05) is 0 Å². The minimum atomic E-state index is 0.674. The van der Waals surface area contributed by atoms with E-state index in [0.29, 0.717) is 20.1 Å². The molecule has 180 valence electrons. The van der Waals surface area contributed by atoms with E-state index in [2.05, 4.69) is 12.1 Å². The lowest BCUT2D eigenvalue weighted by Gasteiger charge is -2.17. The first kappa shape index (κ1) is 24.2. The Hall–Kier alpha value is -3.20. The van der Waals surface area contributed by atoms with Crippen molar-refractivity contribution in [1.29, 1.82) is 0 Å². The minimum absolute atomic E-state index is 0.674. The molecule has 37 heavy (non-hydrogen) atoms. The van der Waals surface area contributed by atoms with Gasteiger partial charge >= 0.3 is 0 Å². The summed E-state index contributed by atoms with van der Waals surface area (Å²) in [5.74, 6) is 1.45. The van der Waals surface area contributed by atoms with Crippen LogP contribution in [0.25, 0.3) is 43.8 Å². The highest BCUT2D eigenvalue weighted by Crippen LogP contribution is 2.42. The predicted molar refractivity (Wildman–Crippen MR) is 159 cm³/mol. The van der Waals surface area contributed by atoms with E-state index in [4.69, 9.17) is 51.1 Å². The molecule has 0 heterocycles. The van der Waals surface area contributed by atoms with Gasteiger partial charge in [-0.05, 0) is 105 Å². The summed E-state index contributed by atoms with van der Waals surface area (Å²) in [5.41, 5.74) is 3.85. The zero-order valence-electron chi connectivity index (χ0n) is 19.3. The molecule has 0 saturated heterocycles. The molecule has 0 aliphatic carbocycles. The normalized spacial score (nSPS) is 11.2. The maximum absolute atomic E-state index is 6.75. The largest absolute Gasteiger partial charge is 0.456 e. The number of hydrogen-bond donors (Lipinski definition) is 0. The maximum Gasteiger partial charge on any atom is 0.135 e. The monoisotopic (exact) mass is 558 g/mol. The molecule has 6 aromatic carbocycles. The number of ether oxygens (including phenoxy) is 1. The molecule has 0 amide bonds. The van der Waals surface area contributed by atoms with Crippen LogP contribution in [0.2, 0.25) is 20.1 Å². The van der Waals surface area contributed by atoms with Gasteiger partial charge in [-0.25, -0.2) is 0 Å². The Bertz CT molecular complexity index is 1640. The standard InChI is InChI=1S/C32H18Cl4O/c33-25-7-1-19(2-8-25)29-15-23-13-27(35)11-5-21(23)17-31(29)37-32-18-22-6-12-28(36)14-24(22)16-30(32)20-3-9-26(34)10-4-20/h1-18H. The lowest BCUT2D eigenvalue weighted by Crippen LogP contribution is -1.93. The molecule has 0 aromatic heterocycles. The van der Waals surface area contributed by atoms with Gasteiger partial charge in [-0.2, -0.15) is 0 Å². The Morgan fingerprint density at radius 3 is 1.14 bits per heavy atom. The van der Waals surface area contributed by atoms with Gasteiger partial charge in [-0.1, -0.05) is 82.8 Å². The van der Waals surface area contributed by atoms with Gasteiger partial charge in [0, 0.05) is 31.2 Å². The minimum Gasteiger partial charge on any atom is -0.456 e. The third kappa shape index (κ3) is 5.01. The van der Waals surface area contributed by atoms with Gasteiger partial charge in [0.25, 0.3) is 0 Å². The molecular formula is C32H18Cl4O. The molecular weight excluding hydrogens is 542 g/mol. The Labute approximate surface area is 234 Å². The lowest BCUT2D eigenvalue weighted by atomic mass is 9.98. The van der Waals surface area contributed by atoms with Crippen molar-refractivity contribution in [3.8, 4) is 33.8 Å². The Balaban J connectivity index is 1.57. The smallest absolute Gasteiger partial charge is 0.135 e. The molecule has 0 aliphatic rings. The van der Waals surface area contributed by atoms with E-state index in [9.17, 15) is 0 Å². The highest BCUT2D eigenvalue weighted by Gasteiger charge is 2.15. The van der Waals surface area contributed by atoms with Crippen LogP contribution in [-0.4, -0.2) is 0 Å². The highest BCUT2D eigenvalue weighted by atomic mass is 35.5. The summed E-state index contributed by atoms with van der Waals surface area (Å²) in [5, 5.41) is 6.81. The lowest BCUT2D eigenvalue weighted by molar-refractivity contribution is 0.488. The summed E-state index contributed by atoms with van der Waals surface area (Å²) in [6.07, 6.45) is 0. The molecule has 0 saturated carbocycles. The van der Waals surface area contributed by atoms with Crippen molar-refractivity contribution in [1.82, 2.24) is 0 Å². The molecule has 0 N–H and O–H groups in total. The quantitative estimate of drug-likeness (QED) is 0.208. The zero-order valence-corrected chi connectivity index (χ0v) is 22.3. The summed E-state index contributed by atoms with van der Waals surface area (Å²) in [6, 6.07) is 35.4. The number of halogens is 4. The van der Waals surface area contributed by atoms with E-state index in [1.165, 1.54) is 0 Å². The Morgan fingerprint density at radius 1 is 0.351 bits per heavy atom. The van der Waals surface area contributed by atoms with Crippen LogP contribution in [-0.2, 0) is 0 Å². The second kappa shape index (κ2) is 9.93. The van der Waals surface area contributed by atoms with Crippen molar-refractivity contribution in [3.63, 3.8) is 0 Å². The van der Waals surface area contributed by atoms with Gasteiger partial charge in [-0.15, -0.1) is 0 Å². The maximum atomic E-state index is 6.75. The molecule has 6 rings (SSSR count). The number of rotatable bonds is 4. The SMILES string of the molecule is Clc1ccc(-c2cc3cc(Cl)ccc3cc2Oc2cc3ccc(Cl)cc3cc2-c2ccc(Cl)cc2)cc1. The van der Waals surface area contributed by atoms with E-state index >= 15 is 0 Å². The molecule has 0 radical (unpaired) electrons. The molecule has 0 bridgehead atoms. The first-order chi connectivity index (χ1) is 17.9. The van der Waals surface area contributed by atoms with Crippen LogP contribution < -0.4 is 4.74 Å². The molecule has 1 nitrogen and oxygen atoms in total. The number of benzene rings is 6. The molecule has 0 fully saturated rings. The number of fused-ring (bicyclic) bond motifs is 2. The summed E-state index contributed by atoms with van der Waals surface area (Å²) >= 11 is 25.0. The summed E-state index contributed by atoms with van der Waals surface area (Å²) in [6.45, 7) is 0. The molecule has 0 spiro atoms. The predicted octanol–water partition coefficient (Wildman–Crippen LogP) is 11.7. The van der Waals surface area contributed by atoms with Gasteiger partial charge in [0.15, 0.2) is 0 Å². The summed E-state index contributed by atoms with van der Waals surface area (Å²) in [7, 11) is 0. The first-order valence-electron chi connectivity index (χ1n) is 11.6. The van der Waals surface area contributed by atoms with Gasteiger partial charge in [0.1, 0.15) is 11.5 Å². The molecule has 0 unspecified atom stereocenters. The van der Waals surface area contributed by atoms with Gasteiger partial charge in [-0.3, -0.25) is 0 Å². The van der Waals surface area contributed by atoms with Crippen molar-refractivity contribution < 1.29 is 4.74 Å². The van der Waals surface area contributed by atoms with Crippen molar-refractivity contribution in [2.24, 2.45) is 0 Å². The average Bonchev–Trinajstić information content (AvgIpc) is 2.89. The molecule has 0 atom stereocenters. The number of hydrogen-bond acceptors (Lipinski definition) is 1. The molecule has 5 heteroatoms. The topological polar surface area (TPSA) is 9.23 Å². The third-order valence-electron chi connectivity index (χ3n) is 6.33. The fraction of sp³-hybridized carbons (Fsp3) is 0. The van der Waals surface area contributed by atoms with E-state index in [1.54, 1.807) is 0 Å². The van der Waals surface area contributed by atoms with E-state index in [0.717, 1.165) is 55.3 Å². The van der Waals surface area contributed by atoms with Crippen LogP contribution in [0, 0.1) is 0 Å². The van der Waals surface area contributed by atoms with Crippen LogP contribution in [0.15, 0.2) is 109 Å². The van der Waals surface area contributed by atoms with Crippen LogP contribution >= 0.6 is 46.4 Å². The average molecular weight is 560 g/mol. The van der Waals surface area contributed by atoms with E-state index in [1.807, 2.05) is 97.1 Å². The van der Waals surface area contributed by atoms with Crippen LogP contribution in [0.5, 0.6) is 11.5 Å². The zero-order chi connectivity index (χ0) is 25.5. The van der Waals surface area contributed by atoms with E-state index < -0.39 is 0 Å². The van der Waals surface area contributed by atoms with E-state index in [-0.39, 0.29) is 0 Å². The van der Waals surface area contributed by atoms with Crippen molar-refractivity contribution >= 4 is 67.9 Å². The molecule has 6 aromatic rings. The van der Waals surface area contributed by atoms with Crippen LogP contribution in [0.1, 0.15) is 0 Å². The Kier molecular flexibility index (Phi) is 6.48. The first-order valence-corrected chi connectivity index (χ1v) is 13.1. The van der Waals surface area contributed by atoms with Crippen LogP contribution in [0.4, 0.5) is 0 Å². The van der Waals surface area contributed by atoms with Gasteiger partial charge < -0.3 is 4.74 Å². The Morgan fingerprint density at radius 2 is 0.730 bits per heavy atom. The van der Waals surface area contributed by atoms with Gasteiger partial charge in [0.05, 0.1) is 0 Å². The van der Waals surface area contributed by atoms with Crippen molar-refractivity contribution in [3.05, 3.63) is 129 Å². The third-order valence-corrected chi connectivity index (χ3v) is 7.31. The van der Waals surface area contributed by atoms with Crippen molar-refractivity contribution in [2.45, 2.75) is 0 Å². The highest BCUT2D eigenvalue weighted by molar-refractivity contribution is 6.32. The summed E-state index contributed by atoms with van der Waals surface area (Å²) in [4.78, 5) is 0. The second-order valence-electron chi connectivity index (χ2n) is 8.80. The van der Waals surface area contributed by atoms with Crippen LogP contribution in [0.3, 0.4) is 0 Å². The molecule has 0 aliphatic heterocycles. The summed E-state index contributed by atoms with van der Waals surface area (Å²) < 4.78 is 6.75. The fourth-order valence-corrected chi connectivity index (χ4v) is 5.11. The fourth-order valence-electron chi connectivity index (χ4n) is 4.49. The second-order valence-corrected chi connectivity index (χ2v) is 10.5.